The van der Waals surface area contributed by atoms with Gasteiger partial charge in [-0.15, -0.1) is 0 Å². The molecule has 0 spiro atoms. The zero-order valence-corrected chi connectivity index (χ0v) is 34.5. The summed E-state index contributed by atoms with van der Waals surface area (Å²) in [6, 6.07) is 0. The molecule has 1 aliphatic heterocycles. The van der Waals surface area contributed by atoms with Crippen molar-refractivity contribution in [2.45, 2.75) is 220 Å². The first-order valence-corrected chi connectivity index (χ1v) is 23.2. The maximum Gasteiger partial charge on any atom is 0.0110 e. The van der Waals surface area contributed by atoms with Gasteiger partial charge in [-0.05, 0) is 38.9 Å². The second-order valence-corrected chi connectivity index (χ2v) is 16.2. The highest BCUT2D eigenvalue weighted by atomic mass is 15.2. The van der Waals surface area contributed by atoms with Gasteiger partial charge in [-0.3, -0.25) is 4.90 Å². The van der Waals surface area contributed by atoms with Gasteiger partial charge in [0.15, 0.2) is 0 Å². The van der Waals surface area contributed by atoms with Crippen LogP contribution in [-0.2, 0) is 0 Å². The molecule has 0 aromatic heterocycles. The van der Waals surface area contributed by atoms with Crippen LogP contribution in [0.15, 0.2) is 0 Å². The molecule has 0 aromatic rings. The monoisotopic (exact) mass is 691 g/mol. The fourth-order valence-electron chi connectivity index (χ4n) is 7.82. The van der Waals surface area contributed by atoms with Crippen LogP contribution in [0.25, 0.3) is 0 Å². The van der Waals surface area contributed by atoms with E-state index in [2.05, 4.69) is 40.8 Å². The SMILES string of the molecule is CCCCCCCCCCCCCN(CCCCCCCCCCCC)CCN(CCCCCCCCCCCC)CCN1CCNCC1. The molecule has 1 aliphatic rings. The number of nitrogens with zero attached hydrogens (tertiary/aromatic N) is 3. The van der Waals surface area contributed by atoms with Gasteiger partial charge in [0.2, 0.25) is 0 Å². The predicted octanol–water partition coefficient (Wildman–Crippen LogP) is 12.6. The van der Waals surface area contributed by atoms with E-state index >= 15 is 0 Å². The number of unbranched alkanes of at least 4 members (excludes halogenated alkanes) is 28. The van der Waals surface area contributed by atoms with Crippen molar-refractivity contribution in [2.75, 3.05) is 72.0 Å². The Bertz CT molecular complexity index is 607. The highest BCUT2D eigenvalue weighted by molar-refractivity contribution is 4.71. The Morgan fingerprint density at radius 2 is 0.592 bits per heavy atom. The molecule has 0 amide bonds. The Hall–Kier alpha value is -0.160. The molecule has 0 saturated carbocycles. The summed E-state index contributed by atoms with van der Waals surface area (Å²) in [7, 11) is 0. The van der Waals surface area contributed by atoms with Gasteiger partial charge in [0.1, 0.15) is 0 Å². The lowest BCUT2D eigenvalue weighted by molar-refractivity contribution is 0.163. The third-order valence-corrected chi connectivity index (χ3v) is 11.4. The molecule has 1 fully saturated rings. The van der Waals surface area contributed by atoms with E-state index in [1.54, 1.807) is 0 Å². The molecule has 49 heavy (non-hydrogen) atoms. The van der Waals surface area contributed by atoms with Crippen molar-refractivity contribution in [3.05, 3.63) is 0 Å². The van der Waals surface area contributed by atoms with Crippen molar-refractivity contribution in [3.63, 3.8) is 0 Å². The van der Waals surface area contributed by atoms with Crippen LogP contribution in [0.3, 0.4) is 0 Å². The van der Waals surface area contributed by atoms with Crippen LogP contribution in [0.1, 0.15) is 220 Å². The lowest BCUT2D eigenvalue weighted by Crippen LogP contribution is -2.47. The molecule has 0 radical (unpaired) electrons. The summed E-state index contributed by atoms with van der Waals surface area (Å²) in [5.41, 5.74) is 0. The molecule has 1 rings (SSSR count). The van der Waals surface area contributed by atoms with Crippen LogP contribution in [0.4, 0.5) is 0 Å². The fraction of sp³-hybridized carbons (Fsp3) is 1.00. The molecule has 0 bridgehead atoms. The summed E-state index contributed by atoms with van der Waals surface area (Å²) in [4.78, 5) is 8.45. The highest BCUT2D eigenvalue weighted by Gasteiger charge is 2.14. The number of hydrogen-bond donors (Lipinski definition) is 1. The van der Waals surface area contributed by atoms with Gasteiger partial charge in [0.05, 0.1) is 0 Å². The molecule has 0 unspecified atom stereocenters. The molecule has 1 N–H and O–H groups in total. The normalized spacial score (nSPS) is 14.1. The van der Waals surface area contributed by atoms with Crippen LogP contribution in [0.2, 0.25) is 0 Å². The summed E-state index contributed by atoms with van der Waals surface area (Å²) >= 11 is 0. The van der Waals surface area contributed by atoms with E-state index < -0.39 is 0 Å². The zero-order chi connectivity index (χ0) is 35.1. The van der Waals surface area contributed by atoms with Crippen molar-refractivity contribution >= 4 is 0 Å². The minimum Gasteiger partial charge on any atom is -0.314 e. The van der Waals surface area contributed by atoms with Gasteiger partial charge in [-0.1, -0.05) is 201 Å². The van der Waals surface area contributed by atoms with Gasteiger partial charge in [-0.2, -0.15) is 0 Å². The summed E-state index contributed by atoms with van der Waals surface area (Å²) in [6.07, 6.45) is 44.7. The van der Waals surface area contributed by atoms with E-state index in [4.69, 9.17) is 0 Å². The second-order valence-electron chi connectivity index (χ2n) is 16.2. The lowest BCUT2D eigenvalue weighted by atomic mass is 10.1. The third-order valence-electron chi connectivity index (χ3n) is 11.4. The van der Waals surface area contributed by atoms with E-state index in [-0.39, 0.29) is 0 Å². The van der Waals surface area contributed by atoms with Gasteiger partial charge in [0.25, 0.3) is 0 Å². The van der Waals surface area contributed by atoms with E-state index in [1.807, 2.05) is 0 Å². The third kappa shape index (κ3) is 33.4. The molecule has 1 saturated heterocycles. The summed E-state index contributed by atoms with van der Waals surface area (Å²) in [6.45, 7) is 20.8. The van der Waals surface area contributed by atoms with Crippen molar-refractivity contribution in [1.29, 1.82) is 0 Å². The molecular formula is C45H94N4. The molecule has 4 nitrogen and oxygen atoms in total. The standard InChI is InChI=1S/C45H94N4/c1-4-7-10-13-16-19-22-25-27-30-33-38-47(37-32-29-26-23-20-17-14-11-8-5-2)42-43-48(44-45-49-40-35-46-36-41-49)39-34-31-28-24-21-18-15-12-9-6-3/h46H,4-45H2,1-3H3. The van der Waals surface area contributed by atoms with E-state index in [9.17, 15) is 0 Å². The Kier molecular flexibility index (Phi) is 37.4. The molecule has 294 valence electrons. The van der Waals surface area contributed by atoms with E-state index in [0.717, 1.165) is 0 Å². The molecule has 0 aliphatic carbocycles. The summed E-state index contributed by atoms with van der Waals surface area (Å²) < 4.78 is 0. The summed E-state index contributed by atoms with van der Waals surface area (Å²) in [5, 5.41) is 3.55. The minimum absolute atomic E-state index is 1.17. The molecule has 4 heteroatoms. The van der Waals surface area contributed by atoms with Gasteiger partial charge >= 0.3 is 0 Å². The Balaban J connectivity index is 2.44. The first kappa shape index (κ1) is 46.9. The number of hydrogen-bond acceptors (Lipinski definition) is 4. The van der Waals surface area contributed by atoms with Crippen molar-refractivity contribution in [3.8, 4) is 0 Å². The zero-order valence-electron chi connectivity index (χ0n) is 34.5. The number of nitrogens with one attached hydrogen (secondary N) is 1. The molecule has 1 heterocycles. The summed E-state index contributed by atoms with van der Waals surface area (Å²) in [5.74, 6) is 0. The number of piperazine rings is 1. The van der Waals surface area contributed by atoms with Crippen molar-refractivity contribution in [1.82, 2.24) is 20.0 Å². The van der Waals surface area contributed by atoms with Crippen LogP contribution in [0, 0.1) is 0 Å². The topological polar surface area (TPSA) is 21.8 Å². The lowest BCUT2D eigenvalue weighted by Gasteiger charge is -2.32. The fourth-order valence-corrected chi connectivity index (χ4v) is 7.82. The molecule has 0 aromatic carbocycles. The average Bonchev–Trinajstić information content (AvgIpc) is 3.12. The minimum atomic E-state index is 1.17. The predicted molar refractivity (Wildman–Crippen MR) is 222 cm³/mol. The van der Waals surface area contributed by atoms with Gasteiger partial charge in [-0.25, -0.2) is 0 Å². The Morgan fingerprint density at radius 1 is 0.327 bits per heavy atom. The maximum atomic E-state index is 3.55. The largest absolute Gasteiger partial charge is 0.314 e. The van der Waals surface area contributed by atoms with Gasteiger partial charge in [0, 0.05) is 52.4 Å². The maximum absolute atomic E-state index is 3.55. The van der Waals surface area contributed by atoms with E-state index in [0.29, 0.717) is 0 Å². The first-order chi connectivity index (χ1) is 24.3. The smallest absolute Gasteiger partial charge is 0.0110 e. The van der Waals surface area contributed by atoms with Crippen molar-refractivity contribution < 1.29 is 0 Å². The first-order valence-electron chi connectivity index (χ1n) is 23.2. The average molecular weight is 691 g/mol. The highest BCUT2D eigenvalue weighted by Crippen LogP contribution is 2.14. The van der Waals surface area contributed by atoms with Crippen molar-refractivity contribution in [2.24, 2.45) is 0 Å². The van der Waals surface area contributed by atoms with Gasteiger partial charge < -0.3 is 15.1 Å². The Labute approximate surface area is 311 Å². The number of rotatable bonds is 40. The van der Waals surface area contributed by atoms with Crippen LogP contribution in [-0.4, -0.2) is 86.7 Å². The molecular weight excluding hydrogens is 597 g/mol. The quantitative estimate of drug-likeness (QED) is 0.0646. The van der Waals surface area contributed by atoms with Crippen LogP contribution in [0.5, 0.6) is 0 Å². The van der Waals surface area contributed by atoms with Crippen LogP contribution < -0.4 is 5.32 Å². The van der Waals surface area contributed by atoms with Crippen LogP contribution >= 0.6 is 0 Å². The second kappa shape index (κ2) is 39.1. The van der Waals surface area contributed by atoms with E-state index in [1.165, 1.54) is 271 Å². The Morgan fingerprint density at radius 3 is 0.898 bits per heavy atom. The molecule has 0 atom stereocenters.